The molecular formula is C22H27N3O3. The normalized spacial score (nSPS) is 17.0. The number of hydrogen-bond acceptors (Lipinski definition) is 4. The van der Waals surface area contributed by atoms with E-state index in [4.69, 9.17) is 0 Å². The highest BCUT2D eigenvalue weighted by Gasteiger charge is 2.23. The van der Waals surface area contributed by atoms with Crippen LogP contribution in [0.15, 0.2) is 42.6 Å². The molecule has 28 heavy (non-hydrogen) atoms. The second-order valence-corrected chi connectivity index (χ2v) is 7.80. The number of benzene rings is 1. The summed E-state index contributed by atoms with van der Waals surface area (Å²) in [6, 6.07) is 10.1. The lowest BCUT2D eigenvalue weighted by atomic mass is 10.0. The van der Waals surface area contributed by atoms with E-state index in [-0.39, 0.29) is 11.5 Å². The SMILES string of the molecule is CC(C)CN1CC[C@H](CNC(=O)c2ccc(-c3ccccc3C(=O)O)nc2)C1. The maximum Gasteiger partial charge on any atom is 0.336 e. The molecule has 2 heterocycles. The molecule has 1 aliphatic heterocycles. The van der Waals surface area contributed by atoms with Crippen LogP contribution in [0.1, 0.15) is 41.0 Å². The van der Waals surface area contributed by atoms with Crippen LogP contribution >= 0.6 is 0 Å². The topological polar surface area (TPSA) is 82.5 Å². The molecule has 6 nitrogen and oxygen atoms in total. The first kappa shape index (κ1) is 20.0. The Balaban J connectivity index is 1.58. The Kier molecular flexibility index (Phi) is 6.41. The van der Waals surface area contributed by atoms with Crippen molar-refractivity contribution in [3.63, 3.8) is 0 Å². The Morgan fingerprint density at radius 3 is 2.71 bits per heavy atom. The molecule has 3 rings (SSSR count). The first-order valence-corrected chi connectivity index (χ1v) is 9.73. The Labute approximate surface area is 165 Å². The number of carbonyl (C=O) groups excluding carboxylic acids is 1. The van der Waals surface area contributed by atoms with Crippen LogP contribution in [0.2, 0.25) is 0 Å². The number of nitrogens with one attached hydrogen (secondary N) is 1. The molecular weight excluding hydrogens is 354 g/mol. The van der Waals surface area contributed by atoms with Gasteiger partial charge in [-0.3, -0.25) is 9.78 Å². The molecule has 0 unspecified atom stereocenters. The van der Waals surface area contributed by atoms with Crippen molar-refractivity contribution in [1.29, 1.82) is 0 Å². The van der Waals surface area contributed by atoms with Gasteiger partial charge >= 0.3 is 5.97 Å². The van der Waals surface area contributed by atoms with Crippen molar-refractivity contribution in [2.45, 2.75) is 20.3 Å². The number of rotatable bonds is 7. The minimum absolute atomic E-state index is 0.145. The third-order valence-electron chi connectivity index (χ3n) is 5.00. The average Bonchev–Trinajstić information content (AvgIpc) is 3.12. The lowest BCUT2D eigenvalue weighted by Gasteiger charge is -2.18. The summed E-state index contributed by atoms with van der Waals surface area (Å²) in [5.74, 6) is -0.00302. The molecule has 1 amide bonds. The number of amides is 1. The van der Waals surface area contributed by atoms with Gasteiger partial charge in [0.05, 0.1) is 16.8 Å². The van der Waals surface area contributed by atoms with Crippen LogP contribution in [0.5, 0.6) is 0 Å². The van der Waals surface area contributed by atoms with Crippen LogP contribution in [-0.2, 0) is 0 Å². The van der Waals surface area contributed by atoms with E-state index in [0.717, 1.165) is 26.1 Å². The van der Waals surface area contributed by atoms with Crippen LogP contribution in [0.4, 0.5) is 0 Å². The number of nitrogens with zero attached hydrogens (tertiary/aromatic N) is 2. The summed E-state index contributed by atoms with van der Waals surface area (Å²) in [5, 5.41) is 12.3. The van der Waals surface area contributed by atoms with Crippen molar-refractivity contribution in [3.05, 3.63) is 53.7 Å². The number of aromatic nitrogens is 1. The standard InChI is InChI=1S/C22H27N3O3/c1-15(2)13-25-10-9-16(14-25)11-24-21(26)17-7-8-20(23-12-17)18-5-3-4-6-19(18)22(27)28/h3-8,12,15-16H,9-11,13-14H2,1-2H3,(H,24,26)(H,27,28)/t16-/m1/s1. The molecule has 1 aliphatic rings. The van der Waals surface area contributed by atoms with Crippen molar-refractivity contribution < 1.29 is 14.7 Å². The molecule has 0 spiro atoms. The third-order valence-corrected chi connectivity index (χ3v) is 5.00. The molecule has 2 aromatic rings. The van der Waals surface area contributed by atoms with Crippen LogP contribution < -0.4 is 5.32 Å². The fourth-order valence-electron chi connectivity index (χ4n) is 3.68. The van der Waals surface area contributed by atoms with E-state index >= 15 is 0 Å². The van der Waals surface area contributed by atoms with E-state index < -0.39 is 5.97 Å². The van der Waals surface area contributed by atoms with E-state index in [9.17, 15) is 14.7 Å². The lowest BCUT2D eigenvalue weighted by Crippen LogP contribution is -2.31. The summed E-state index contributed by atoms with van der Waals surface area (Å²) in [7, 11) is 0. The predicted molar refractivity (Wildman–Crippen MR) is 108 cm³/mol. The first-order valence-electron chi connectivity index (χ1n) is 9.73. The second-order valence-electron chi connectivity index (χ2n) is 7.80. The van der Waals surface area contributed by atoms with E-state index in [1.54, 1.807) is 36.4 Å². The highest BCUT2D eigenvalue weighted by Crippen LogP contribution is 2.22. The van der Waals surface area contributed by atoms with E-state index in [1.165, 1.54) is 6.20 Å². The average molecular weight is 381 g/mol. The Morgan fingerprint density at radius 1 is 1.25 bits per heavy atom. The summed E-state index contributed by atoms with van der Waals surface area (Å²) in [6.07, 6.45) is 2.61. The Morgan fingerprint density at radius 2 is 2.04 bits per heavy atom. The van der Waals surface area contributed by atoms with E-state index in [1.807, 2.05) is 0 Å². The molecule has 0 bridgehead atoms. The first-order chi connectivity index (χ1) is 13.4. The van der Waals surface area contributed by atoms with E-state index in [0.29, 0.717) is 35.2 Å². The van der Waals surface area contributed by atoms with Gasteiger partial charge in [0, 0.05) is 31.4 Å². The van der Waals surface area contributed by atoms with Crippen molar-refractivity contribution >= 4 is 11.9 Å². The number of pyridine rings is 1. The number of likely N-dealkylation sites (tertiary alicyclic amines) is 1. The molecule has 6 heteroatoms. The summed E-state index contributed by atoms with van der Waals surface area (Å²) in [4.78, 5) is 30.6. The van der Waals surface area contributed by atoms with E-state index in [2.05, 4.69) is 29.0 Å². The smallest absolute Gasteiger partial charge is 0.336 e. The van der Waals surface area contributed by atoms with Crippen LogP contribution in [0, 0.1) is 11.8 Å². The summed E-state index contributed by atoms with van der Waals surface area (Å²) < 4.78 is 0. The molecule has 1 atom stereocenters. The minimum atomic E-state index is -0.998. The van der Waals surface area contributed by atoms with Gasteiger partial charge in [0.2, 0.25) is 0 Å². The van der Waals surface area contributed by atoms with Gasteiger partial charge in [-0.05, 0) is 43.0 Å². The predicted octanol–water partition coefficient (Wildman–Crippen LogP) is 3.15. The van der Waals surface area contributed by atoms with Crippen LogP contribution in [-0.4, -0.2) is 53.0 Å². The zero-order chi connectivity index (χ0) is 20.1. The van der Waals surface area contributed by atoms with Gasteiger partial charge in [-0.1, -0.05) is 32.0 Å². The molecule has 0 saturated carbocycles. The highest BCUT2D eigenvalue weighted by molar-refractivity contribution is 5.96. The zero-order valence-corrected chi connectivity index (χ0v) is 16.4. The monoisotopic (exact) mass is 381 g/mol. The molecule has 1 aromatic carbocycles. The number of aromatic carboxylic acids is 1. The quantitative estimate of drug-likeness (QED) is 0.770. The molecule has 2 N–H and O–H groups in total. The van der Waals surface area contributed by atoms with Gasteiger partial charge in [0.1, 0.15) is 0 Å². The minimum Gasteiger partial charge on any atom is -0.478 e. The number of carboxylic acids is 1. The zero-order valence-electron chi connectivity index (χ0n) is 16.4. The Bertz CT molecular complexity index is 833. The molecule has 1 aromatic heterocycles. The van der Waals surface area contributed by atoms with Crippen molar-refractivity contribution in [1.82, 2.24) is 15.2 Å². The summed E-state index contributed by atoms with van der Waals surface area (Å²) in [5.41, 5.74) is 1.75. The largest absolute Gasteiger partial charge is 0.478 e. The maximum absolute atomic E-state index is 12.4. The number of carbonyl (C=O) groups is 2. The number of carboxylic acid groups (broad SMARTS) is 1. The van der Waals surface area contributed by atoms with Crippen molar-refractivity contribution in [2.75, 3.05) is 26.2 Å². The second kappa shape index (κ2) is 8.97. The van der Waals surface area contributed by atoms with Gasteiger partial charge in [-0.15, -0.1) is 0 Å². The summed E-state index contributed by atoms with van der Waals surface area (Å²) in [6.45, 7) is 8.34. The third kappa shape index (κ3) is 4.95. The summed E-state index contributed by atoms with van der Waals surface area (Å²) >= 11 is 0. The van der Waals surface area contributed by atoms with Crippen LogP contribution in [0.25, 0.3) is 11.3 Å². The molecule has 148 valence electrons. The van der Waals surface area contributed by atoms with Crippen molar-refractivity contribution in [3.8, 4) is 11.3 Å². The van der Waals surface area contributed by atoms with Crippen molar-refractivity contribution in [2.24, 2.45) is 11.8 Å². The maximum atomic E-state index is 12.4. The number of hydrogen-bond donors (Lipinski definition) is 2. The molecule has 0 aliphatic carbocycles. The molecule has 1 saturated heterocycles. The highest BCUT2D eigenvalue weighted by atomic mass is 16.4. The Hall–Kier alpha value is -2.73. The van der Waals surface area contributed by atoms with Crippen LogP contribution in [0.3, 0.4) is 0 Å². The van der Waals surface area contributed by atoms with Gasteiger partial charge in [0.25, 0.3) is 5.91 Å². The molecule has 1 fully saturated rings. The van der Waals surface area contributed by atoms with Gasteiger partial charge in [0.15, 0.2) is 0 Å². The fraction of sp³-hybridized carbons (Fsp3) is 0.409. The van der Waals surface area contributed by atoms with Gasteiger partial charge in [-0.25, -0.2) is 4.79 Å². The van der Waals surface area contributed by atoms with Gasteiger partial charge < -0.3 is 15.3 Å². The van der Waals surface area contributed by atoms with Gasteiger partial charge in [-0.2, -0.15) is 0 Å². The molecule has 0 radical (unpaired) electrons. The fourth-order valence-corrected chi connectivity index (χ4v) is 3.68. The lowest BCUT2D eigenvalue weighted by molar-refractivity contribution is 0.0697.